The van der Waals surface area contributed by atoms with E-state index in [1.165, 1.54) is 20.2 Å². The Balaban J connectivity index is 1.44. The molecule has 2 aromatic heterocycles. The van der Waals surface area contributed by atoms with Crippen molar-refractivity contribution in [1.29, 1.82) is 15.8 Å². The first-order valence-electron chi connectivity index (χ1n) is 14.0. The van der Waals surface area contributed by atoms with Crippen LogP contribution in [0.25, 0.3) is 75.5 Å². The smallest absolute Gasteiger partial charge is 0.136 e. The van der Waals surface area contributed by atoms with Crippen LogP contribution in [0.2, 0.25) is 0 Å². The second-order valence-corrected chi connectivity index (χ2v) is 11.8. The van der Waals surface area contributed by atoms with Crippen LogP contribution in [0, 0.1) is 34.0 Å². The van der Waals surface area contributed by atoms with Gasteiger partial charge in [-0.2, -0.15) is 15.8 Å². The third kappa shape index (κ3) is 3.95. The van der Waals surface area contributed by atoms with Crippen molar-refractivity contribution in [1.82, 2.24) is 0 Å². The first-order valence-corrected chi connectivity index (χ1v) is 14.8. The van der Waals surface area contributed by atoms with Crippen molar-refractivity contribution in [3.05, 3.63) is 132 Å². The second kappa shape index (κ2) is 9.97. The molecule has 202 valence electrons. The maximum atomic E-state index is 10.1. The van der Waals surface area contributed by atoms with Gasteiger partial charge >= 0.3 is 0 Å². The summed E-state index contributed by atoms with van der Waals surface area (Å²) in [6, 6.07) is 44.9. The monoisotopic (exact) mass is 577 g/mol. The summed E-state index contributed by atoms with van der Waals surface area (Å²) in [5.41, 5.74) is 7.62. The molecule has 4 nitrogen and oxygen atoms in total. The van der Waals surface area contributed by atoms with E-state index in [-0.39, 0.29) is 16.7 Å². The molecule has 44 heavy (non-hydrogen) atoms. The lowest BCUT2D eigenvalue weighted by molar-refractivity contribution is 0.669. The Kier molecular flexibility index (Phi) is 5.78. The summed E-state index contributed by atoms with van der Waals surface area (Å²) in [4.78, 5) is 0. The molecule has 0 N–H and O–H groups in total. The largest absolute Gasteiger partial charge is 0.456 e. The van der Waals surface area contributed by atoms with Gasteiger partial charge in [0.2, 0.25) is 0 Å². The minimum Gasteiger partial charge on any atom is -0.456 e. The normalized spacial score (nSPS) is 11.1. The molecule has 0 aliphatic heterocycles. The number of fused-ring (bicyclic) bond motifs is 6. The van der Waals surface area contributed by atoms with Gasteiger partial charge in [-0.1, -0.05) is 60.7 Å². The molecule has 0 amide bonds. The maximum absolute atomic E-state index is 10.1. The number of para-hydroxylation sites is 1. The molecule has 0 saturated heterocycles. The molecular formula is C39H19N3OS. The van der Waals surface area contributed by atoms with Crippen LogP contribution in [-0.4, -0.2) is 0 Å². The predicted molar refractivity (Wildman–Crippen MR) is 177 cm³/mol. The third-order valence-electron chi connectivity index (χ3n) is 8.16. The molecule has 0 aliphatic rings. The van der Waals surface area contributed by atoms with E-state index >= 15 is 0 Å². The zero-order valence-electron chi connectivity index (χ0n) is 23.1. The Bertz CT molecular complexity index is 2570. The number of thiophene rings is 1. The molecule has 8 rings (SSSR count). The summed E-state index contributed by atoms with van der Waals surface area (Å²) in [5, 5.41) is 34.3. The van der Waals surface area contributed by atoms with Crippen molar-refractivity contribution in [3.8, 4) is 51.6 Å². The lowest BCUT2D eigenvalue weighted by Gasteiger charge is -2.14. The van der Waals surface area contributed by atoms with Gasteiger partial charge in [-0.25, -0.2) is 0 Å². The highest BCUT2D eigenvalue weighted by atomic mass is 32.1. The van der Waals surface area contributed by atoms with Gasteiger partial charge in [-0.3, -0.25) is 0 Å². The molecule has 6 aromatic carbocycles. The van der Waals surface area contributed by atoms with Gasteiger partial charge in [-0.15, -0.1) is 11.3 Å². The van der Waals surface area contributed by atoms with Crippen LogP contribution in [0.5, 0.6) is 0 Å². The Morgan fingerprint density at radius 1 is 0.500 bits per heavy atom. The van der Waals surface area contributed by atoms with Crippen molar-refractivity contribution in [2.24, 2.45) is 0 Å². The molecule has 5 heteroatoms. The fourth-order valence-electron chi connectivity index (χ4n) is 6.21. The molecule has 8 aromatic rings. The Morgan fingerprint density at radius 3 is 1.98 bits per heavy atom. The quantitative estimate of drug-likeness (QED) is 0.209. The highest BCUT2D eigenvalue weighted by Crippen LogP contribution is 2.42. The average molecular weight is 578 g/mol. The molecular weight excluding hydrogens is 559 g/mol. The lowest BCUT2D eigenvalue weighted by Crippen LogP contribution is -1.94. The molecule has 0 spiro atoms. The minimum atomic E-state index is 0.281. The van der Waals surface area contributed by atoms with Crippen LogP contribution in [-0.2, 0) is 0 Å². The standard InChI is InChI=1S/C39H19N3OS/c40-20-23-14-28(21-41)38(29(15-23)22-42)27-17-25(24-12-13-32-31-6-2-4-11-36(31)44-37(32)19-24)16-26(18-27)30-8-5-10-35-39(30)33-7-1-3-9-34(33)43-35/h1-19H. The van der Waals surface area contributed by atoms with Gasteiger partial charge < -0.3 is 4.42 Å². The summed E-state index contributed by atoms with van der Waals surface area (Å²) in [6.07, 6.45) is 0. The van der Waals surface area contributed by atoms with Crippen molar-refractivity contribution in [2.75, 3.05) is 0 Å². The fraction of sp³-hybridized carbons (Fsp3) is 0. The second-order valence-electron chi connectivity index (χ2n) is 10.7. The van der Waals surface area contributed by atoms with Crippen LogP contribution < -0.4 is 0 Å². The molecule has 0 fully saturated rings. The molecule has 0 atom stereocenters. The van der Waals surface area contributed by atoms with Gasteiger partial charge in [-0.05, 0) is 82.4 Å². The average Bonchev–Trinajstić information content (AvgIpc) is 3.65. The van der Waals surface area contributed by atoms with E-state index in [4.69, 9.17) is 4.42 Å². The number of furan rings is 1. The Labute approximate surface area is 256 Å². The van der Waals surface area contributed by atoms with Gasteiger partial charge in [0, 0.05) is 36.5 Å². The Hall–Kier alpha value is -6.19. The number of hydrogen-bond acceptors (Lipinski definition) is 5. The summed E-state index contributed by atoms with van der Waals surface area (Å²) in [5.74, 6) is 0. The number of nitrogens with zero attached hydrogens (tertiary/aromatic N) is 3. The highest BCUT2D eigenvalue weighted by Gasteiger charge is 2.19. The van der Waals surface area contributed by atoms with Crippen molar-refractivity contribution >= 4 is 53.4 Å². The lowest BCUT2D eigenvalue weighted by atomic mass is 9.88. The van der Waals surface area contributed by atoms with Gasteiger partial charge in [0.1, 0.15) is 11.2 Å². The van der Waals surface area contributed by atoms with E-state index in [1.54, 1.807) is 23.5 Å². The molecule has 0 saturated carbocycles. The van der Waals surface area contributed by atoms with E-state index in [0.29, 0.717) is 5.56 Å². The topological polar surface area (TPSA) is 84.5 Å². The number of hydrogen-bond donors (Lipinski definition) is 0. The molecule has 0 unspecified atom stereocenters. The molecule has 0 aliphatic carbocycles. The third-order valence-corrected chi connectivity index (χ3v) is 9.29. The molecule has 0 radical (unpaired) electrons. The van der Waals surface area contributed by atoms with Crippen LogP contribution in [0.1, 0.15) is 16.7 Å². The van der Waals surface area contributed by atoms with Crippen molar-refractivity contribution in [3.63, 3.8) is 0 Å². The van der Waals surface area contributed by atoms with Crippen molar-refractivity contribution in [2.45, 2.75) is 0 Å². The highest BCUT2D eigenvalue weighted by molar-refractivity contribution is 7.25. The summed E-state index contributed by atoms with van der Waals surface area (Å²) in [7, 11) is 0. The number of benzene rings is 6. The number of rotatable bonds is 3. The van der Waals surface area contributed by atoms with Crippen LogP contribution in [0.4, 0.5) is 0 Å². The SMILES string of the molecule is N#Cc1cc(C#N)c(-c2cc(-c3ccc4c(c3)sc3ccccc34)cc(-c3cccc4oc5ccccc5c34)c2)c(C#N)c1. The summed E-state index contributed by atoms with van der Waals surface area (Å²) >= 11 is 1.76. The fourth-order valence-corrected chi connectivity index (χ4v) is 7.35. The van der Waals surface area contributed by atoms with E-state index in [1.807, 2.05) is 42.5 Å². The summed E-state index contributed by atoms with van der Waals surface area (Å²) < 4.78 is 8.63. The van der Waals surface area contributed by atoms with Crippen molar-refractivity contribution < 1.29 is 4.42 Å². The van der Waals surface area contributed by atoms with Gasteiger partial charge in [0.05, 0.1) is 34.9 Å². The summed E-state index contributed by atoms with van der Waals surface area (Å²) in [6.45, 7) is 0. The number of nitriles is 3. The zero-order chi connectivity index (χ0) is 29.8. The van der Waals surface area contributed by atoms with E-state index in [2.05, 4.69) is 78.9 Å². The Morgan fingerprint density at radius 2 is 1.18 bits per heavy atom. The van der Waals surface area contributed by atoms with E-state index in [0.717, 1.165) is 49.8 Å². The first kappa shape index (κ1) is 25.5. The van der Waals surface area contributed by atoms with Crippen LogP contribution in [0.3, 0.4) is 0 Å². The van der Waals surface area contributed by atoms with Gasteiger partial charge in [0.15, 0.2) is 0 Å². The maximum Gasteiger partial charge on any atom is 0.136 e. The van der Waals surface area contributed by atoms with E-state index in [9.17, 15) is 15.8 Å². The van der Waals surface area contributed by atoms with Gasteiger partial charge in [0.25, 0.3) is 0 Å². The molecule has 0 bridgehead atoms. The minimum absolute atomic E-state index is 0.281. The van der Waals surface area contributed by atoms with Crippen LogP contribution >= 0.6 is 11.3 Å². The first-order chi connectivity index (χ1) is 21.6. The molecule has 2 heterocycles. The van der Waals surface area contributed by atoms with Crippen LogP contribution in [0.15, 0.2) is 120 Å². The zero-order valence-corrected chi connectivity index (χ0v) is 23.9. The predicted octanol–water partition coefficient (Wildman–Crippen LogP) is 10.6. The van der Waals surface area contributed by atoms with E-state index < -0.39 is 0 Å².